The van der Waals surface area contributed by atoms with Crippen LogP contribution in [0.25, 0.3) is 22.1 Å². The second-order valence-corrected chi connectivity index (χ2v) is 6.23. The Morgan fingerprint density at radius 2 is 2.00 bits per heavy atom. The fourth-order valence-corrected chi connectivity index (χ4v) is 2.92. The molecular weight excluding hydrogens is 368 g/mol. The molecule has 2 aromatic heterocycles. The quantitative estimate of drug-likeness (QED) is 0.402. The fraction of sp³-hybridized carbons (Fsp3) is 0.0556. The molecule has 2 aromatic carbocycles. The topological polar surface area (TPSA) is 63.3 Å². The van der Waals surface area contributed by atoms with Crippen LogP contribution in [0.15, 0.2) is 68.8 Å². The van der Waals surface area contributed by atoms with E-state index in [1.54, 1.807) is 0 Å². The minimum atomic E-state index is 0.547. The van der Waals surface area contributed by atoms with E-state index in [-0.39, 0.29) is 0 Å². The molecule has 0 fully saturated rings. The van der Waals surface area contributed by atoms with Crippen LogP contribution in [0.4, 0.5) is 5.82 Å². The first-order valence-corrected chi connectivity index (χ1v) is 8.20. The standard InChI is InChI=1S/C18H13BrN4O/c1-11(12-5-4-6-13(19)9-12)22-23-18-17-16(20-10-21-18)14-7-2-3-8-15(14)24-17/h2-10H,1H3,(H,20,21,23)/b22-11-. The van der Waals surface area contributed by atoms with Crippen LogP contribution < -0.4 is 5.43 Å². The molecule has 24 heavy (non-hydrogen) atoms. The number of furan rings is 1. The molecule has 6 heteroatoms. The van der Waals surface area contributed by atoms with Crippen LogP contribution in [-0.4, -0.2) is 15.7 Å². The summed E-state index contributed by atoms with van der Waals surface area (Å²) in [5.74, 6) is 0.547. The lowest BCUT2D eigenvalue weighted by molar-refractivity contribution is 0.667. The molecule has 118 valence electrons. The minimum absolute atomic E-state index is 0.547. The molecule has 0 unspecified atom stereocenters. The first-order valence-electron chi connectivity index (χ1n) is 7.41. The van der Waals surface area contributed by atoms with Gasteiger partial charge in [0, 0.05) is 9.86 Å². The molecule has 1 N–H and O–H groups in total. The maximum Gasteiger partial charge on any atom is 0.197 e. The van der Waals surface area contributed by atoms with Crippen LogP contribution in [0.5, 0.6) is 0 Å². The lowest BCUT2D eigenvalue weighted by atomic mass is 10.1. The minimum Gasteiger partial charge on any atom is -0.450 e. The molecule has 4 aromatic rings. The van der Waals surface area contributed by atoms with Crippen LogP contribution in [0.1, 0.15) is 12.5 Å². The summed E-state index contributed by atoms with van der Waals surface area (Å²) in [5.41, 5.74) is 7.02. The zero-order valence-corrected chi connectivity index (χ0v) is 14.4. The van der Waals surface area contributed by atoms with E-state index in [9.17, 15) is 0 Å². The van der Waals surface area contributed by atoms with Crippen molar-refractivity contribution in [1.29, 1.82) is 0 Å². The van der Waals surface area contributed by atoms with E-state index in [2.05, 4.69) is 36.4 Å². The molecule has 0 saturated carbocycles. The Morgan fingerprint density at radius 3 is 2.88 bits per heavy atom. The maximum absolute atomic E-state index is 5.88. The summed E-state index contributed by atoms with van der Waals surface area (Å²) in [6.07, 6.45) is 1.51. The Morgan fingerprint density at radius 1 is 1.12 bits per heavy atom. The van der Waals surface area contributed by atoms with E-state index < -0.39 is 0 Å². The third kappa shape index (κ3) is 2.65. The summed E-state index contributed by atoms with van der Waals surface area (Å²) in [5, 5.41) is 5.39. The summed E-state index contributed by atoms with van der Waals surface area (Å²) in [4.78, 5) is 8.58. The number of aromatic nitrogens is 2. The third-order valence-corrected chi connectivity index (χ3v) is 4.22. The molecule has 0 bridgehead atoms. The van der Waals surface area contributed by atoms with E-state index >= 15 is 0 Å². The number of nitrogens with zero attached hydrogens (tertiary/aromatic N) is 3. The van der Waals surface area contributed by atoms with Crippen molar-refractivity contribution < 1.29 is 4.42 Å². The maximum atomic E-state index is 5.88. The Hall–Kier alpha value is -2.73. The lowest BCUT2D eigenvalue weighted by Crippen LogP contribution is -2.01. The van der Waals surface area contributed by atoms with Crippen molar-refractivity contribution in [1.82, 2.24) is 9.97 Å². The van der Waals surface area contributed by atoms with Crippen molar-refractivity contribution in [2.45, 2.75) is 6.92 Å². The van der Waals surface area contributed by atoms with Crippen molar-refractivity contribution in [3.8, 4) is 0 Å². The Kier molecular flexibility index (Phi) is 3.74. The van der Waals surface area contributed by atoms with Crippen LogP contribution in [0.3, 0.4) is 0 Å². The summed E-state index contributed by atoms with van der Waals surface area (Å²) >= 11 is 3.47. The summed E-state index contributed by atoms with van der Waals surface area (Å²) in [7, 11) is 0. The summed E-state index contributed by atoms with van der Waals surface area (Å²) in [6, 6.07) is 15.8. The van der Waals surface area contributed by atoms with Gasteiger partial charge >= 0.3 is 0 Å². The van der Waals surface area contributed by atoms with Crippen LogP contribution >= 0.6 is 15.9 Å². The number of hydrazone groups is 1. The molecule has 0 atom stereocenters. The number of para-hydroxylation sites is 1. The average molecular weight is 381 g/mol. The first kappa shape index (κ1) is 14.8. The molecular formula is C18H13BrN4O. The highest BCUT2D eigenvalue weighted by molar-refractivity contribution is 9.10. The average Bonchev–Trinajstić information content (AvgIpc) is 2.99. The van der Waals surface area contributed by atoms with E-state index in [4.69, 9.17) is 4.42 Å². The molecule has 0 radical (unpaired) electrons. The largest absolute Gasteiger partial charge is 0.450 e. The Balaban J connectivity index is 1.73. The van der Waals surface area contributed by atoms with Gasteiger partial charge in [0.2, 0.25) is 0 Å². The van der Waals surface area contributed by atoms with Gasteiger partial charge in [0.15, 0.2) is 11.4 Å². The second-order valence-electron chi connectivity index (χ2n) is 5.32. The predicted molar refractivity (Wildman–Crippen MR) is 99.3 cm³/mol. The number of hydrogen-bond donors (Lipinski definition) is 1. The van der Waals surface area contributed by atoms with E-state index in [1.807, 2.05) is 55.5 Å². The highest BCUT2D eigenvalue weighted by Gasteiger charge is 2.12. The monoisotopic (exact) mass is 380 g/mol. The van der Waals surface area contributed by atoms with Gasteiger partial charge in [-0.25, -0.2) is 9.97 Å². The smallest absolute Gasteiger partial charge is 0.197 e. The number of fused-ring (bicyclic) bond motifs is 3. The van der Waals surface area contributed by atoms with Crippen molar-refractivity contribution in [2.24, 2.45) is 5.10 Å². The van der Waals surface area contributed by atoms with Gasteiger partial charge in [-0.2, -0.15) is 5.10 Å². The highest BCUT2D eigenvalue weighted by atomic mass is 79.9. The number of rotatable bonds is 3. The number of halogens is 1. The van der Waals surface area contributed by atoms with Crippen molar-refractivity contribution in [2.75, 3.05) is 5.43 Å². The van der Waals surface area contributed by atoms with E-state index in [0.29, 0.717) is 11.4 Å². The van der Waals surface area contributed by atoms with Crippen molar-refractivity contribution >= 4 is 49.5 Å². The van der Waals surface area contributed by atoms with Gasteiger partial charge in [-0.3, -0.25) is 5.43 Å². The van der Waals surface area contributed by atoms with Gasteiger partial charge in [-0.05, 0) is 36.8 Å². The van der Waals surface area contributed by atoms with Gasteiger partial charge in [-0.15, -0.1) is 0 Å². The normalized spacial score (nSPS) is 12.0. The first-order chi connectivity index (χ1) is 11.7. The molecule has 0 aliphatic heterocycles. The van der Waals surface area contributed by atoms with Gasteiger partial charge in [0.05, 0.1) is 5.71 Å². The Bertz CT molecular complexity index is 1070. The zero-order chi connectivity index (χ0) is 16.5. The third-order valence-electron chi connectivity index (χ3n) is 3.73. The lowest BCUT2D eigenvalue weighted by Gasteiger charge is -2.03. The number of hydrogen-bond acceptors (Lipinski definition) is 5. The van der Waals surface area contributed by atoms with Crippen molar-refractivity contribution in [3.63, 3.8) is 0 Å². The molecule has 5 nitrogen and oxygen atoms in total. The van der Waals surface area contributed by atoms with E-state index in [0.717, 1.165) is 32.2 Å². The number of nitrogens with one attached hydrogen (secondary N) is 1. The molecule has 0 aliphatic carbocycles. The molecule has 2 heterocycles. The molecule has 0 saturated heterocycles. The fourth-order valence-electron chi connectivity index (χ4n) is 2.52. The Labute approximate surface area is 146 Å². The van der Waals surface area contributed by atoms with Crippen LogP contribution in [0.2, 0.25) is 0 Å². The van der Waals surface area contributed by atoms with Gasteiger partial charge in [-0.1, -0.05) is 40.2 Å². The molecule has 0 spiro atoms. The van der Waals surface area contributed by atoms with Crippen molar-refractivity contribution in [3.05, 3.63) is 64.9 Å². The second kappa shape index (κ2) is 6.05. The SMILES string of the molecule is C/C(=N/Nc1ncnc2c1oc1ccccc12)c1cccc(Br)c1. The molecule has 0 aliphatic rings. The molecule has 0 amide bonds. The van der Waals surface area contributed by atoms with Gasteiger partial charge in [0.1, 0.15) is 17.4 Å². The predicted octanol–water partition coefficient (Wildman–Crippen LogP) is 4.97. The molecule has 4 rings (SSSR count). The van der Waals surface area contributed by atoms with Crippen LogP contribution in [0, 0.1) is 0 Å². The summed E-state index contributed by atoms with van der Waals surface area (Å²) in [6.45, 7) is 1.94. The van der Waals surface area contributed by atoms with Gasteiger partial charge in [0.25, 0.3) is 0 Å². The number of benzene rings is 2. The van der Waals surface area contributed by atoms with Crippen LogP contribution in [-0.2, 0) is 0 Å². The van der Waals surface area contributed by atoms with Gasteiger partial charge < -0.3 is 4.42 Å². The zero-order valence-electron chi connectivity index (χ0n) is 12.8. The van der Waals surface area contributed by atoms with E-state index in [1.165, 1.54) is 6.33 Å². The number of anilines is 1. The summed E-state index contributed by atoms with van der Waals surface area (Å²) < 4.78 is 6.89. The highest BCUT2D eigenvalue weighted by Crippen LogP contribution is 2.30.